The van der Waals surface area contributed by atoms with Crippen LogP contribution in [0.1, 0.15) is 13.8 Å². The molecule has 72 valence electrons. The summed E-state index contributed by atoms with van der Waals surface area (Å²) in [6.45, 7) is 5.01. The number of aliphatic hydroxyl groups is 1. The van der Waals surface area contributed by atoms with Gasteiger partial charge < -0.3 is 9.84 Å². The molecule has 1 atom stereocenters. The molecule has 0 amide bonds. The molecule has 4 nitrogen and oxygen atoms in total. The Morgan fingerprint density at radius 1 is 1.67 bits per heavy atom. The van der Waals surface area contributed by atoms with Crippen molar-refractivity contribution in [1.82, 2.24) is 4.90 Å². The number of ether oxygens (including phenoxy) is 1. The number of hydrogen-bond acceptors (Lipinski definition) is 4. The summed E-state index contributed by atoms with van der Waals surface area (Å²) in [5.41, 5.74) is 0. The average Bonchev–Trinajstić information content (AvgIpc) is 2.11. The van der Waals surface area contributed by atoms with E-state index < -0.39 is 0 Å². The number of aliphatic hydroxyl groups excluding tert-OH is 1. The predicted molar refractivity (Wildman–Crippen MR) is 45.8 cm³/mol. The lowest BCUT2D eigenvalue weighted by atomic mass is 10.3. The van der Waals surface area contributed by atoms with Crippen molar-refractivity contribution in [1.29, 1.82) is 0 Å². The van der Waals surface area contributed by atoms with Crippen LogP contribution in [0.3, 0.4) is 0 Å². The van der Waals surface area contributed by atoms with Gasteiger partial charge in [-0.1, -0.05) is 6.92 Å². The number of rotatable bonds is 5. The summed E-state index contributed by atoms with van der Waals surface area (Å²) in [6, 6.07) is -0.271. The van der Waals surface area contributed by atoms with Gasteiger partial charge in [0.25, 0.3) is 0 Å². The summed E-state index contributed by atoms with van der Waals surface area (Å²) in [7, 11) is 1.37. The van der Waals surface area contributed by atoms with Gasteiger partial charge in [0.1, 0.15) is 6.04 Å². The topological polar surface area (TPSA) is 49.8 Å². The molecule has 0 fully saturated rings. The lowest BCUT2D eigenvalue weighted by Gasteiger charge is -2.24. The van der Waals surface area contributed by atoms with Gasteiger partial charge in [-0.3, -0.25) is 9.69 Å². The average molecular weight is 175 g/mol. The van der Waals surface area contributed by atoms with Crippen LogP contribution >= 0.6 is 0 Å². The van der Waals surface area contributed by atoms with E-state index in [0.29, 0.717) is 6.54 Å². The predicted octanol–water partition coefficient (Wildman–Crippen LogP) is -0.138. The zero-order valence-electron chi connectivity index (χ0n) is 7.91. The van der Waals surface area contributed by atoms with Gasteiger partial charge >= 0.3 is 5.97 Å². The Hall–Kier alpha value is -0.610. The van der Waals surface area contributed by atoms with Crippen molar-refractivity contribution in [3.63, 3.8) is 0 Å². The molecule has 0 aliphatic rings. The zero-order chi connectivity index (χ0) is 9.56. The third kappa shape index (κ3) is 3.19. The Morgan fingerprint density at radius 2 is 2.25 bits per heavy atom. The van der Waals surface area contributed by atoms with Crippen molar-refractivity contribution in [3.05, 3.63) is 0 Å². The quantitative estimate of drug-likeness (QED) is 0.591. The van der Waals surface area contributed by atoms with E-state index in [-0.39, 0.29) is 18.6 Å². The molecule has 0 spiro atoms. The van der Waals surface area contributed by atoms with Crippen molar-refractivity contribution in [3.8, 4) is 0 Å². The maximum absolute atomic E-state index is 11.0. The molecular formula is C8H17NO3. The van der Waals surface area contributed by atoms with Crippen LogP contribution in [0.25, 0.3) is 0 Å². The molecule has 0 aliphatic carbocycles. The minimum absolute atomic E-state index is 0.0647. The van der Waals surface area contributed by atoms with E-state index in [1.807, 2.05) is 11.8 Å². The summed E-state index contributed by atoms with van der Waals surface area (Å²) in [4.78, 5) is 12.9. The van der Waals surface area contributed by atoms with Crippen LogP contribution < -0.4 is 0 Å². The molecule has 0 aromatic carbocycles. The van der Waals surface area contributed by atoms with Gasteiger partial charge in [-0.25, -0.2) is 0 Å². The minimum Gasteiger partial charge on any atom is -0.468 e. The molecule has 0 heterocycles. The first-order chi connectivity index (χ1) is 5.67. The van der Waals surface area contributed by atoms with Gasteiger partial charge in [-0.2, -0.15) is 0 Å². The van der Waals surface area contributed by atoms with Gasteiger partial charge in [-0.15, -0.1) is 0 Å². The molecule has 1 N–H and O–H groups in total. The molecule has 0 rings (SSSR count). The van der Waals surface area contributed by atoms with E-state index in [4.69, 9.17) is 5.11 Å². The number of likely N-dealkylation sites (N-methyl/N-ethyl adjacent to an activating group) is 1. The fourth-order valence-electron chi connectivity index (χ4n) is 1.07. The van der Waals surface area contributed by atoms with E-state index in [1.54, 1.807) is 6.92 Å². The molecule has 12 heavy (non-hydrogen) atoms. The molecule has 0 saturated heterocycles. The first kappa shape index (κ1) is 11.4. The summed E-state index contributed by atoms with van der Waals surface area (Å²) >= 11 is 0. The number of methoxy groups -OCH3 is 1. The lowest BCUT2D eigenvalue weighted by Crippen LogP contribution is -2.41. The van der Waals surface area contributed by atoms with Crippen LogP contribution in [0.4, 0.5) is 0 Å². The number of nitrogens with zero attached hydrogens (tertiary/aromatic N) is 1. The van der Waals surface area contributed by atoms with Gasteiger partial charge in [0.2, 0.25) is 0 Å². The highest BCUT2D eigenvalue weighted by molar-refractivity contribution is 5.75. The normalized spacial score (nSPS) is 13.1. The van der Waals surface area contributed by atoms with Crippen LogP contribution in [0.5, 0.6) is 0 Å². The van der Waals surface area contributed by atoms with Crippen LogP contribution in [-0.4, -0.2) is 48.8 Å². The zero-order valence-corrected chi connectivity index (χ0v) is 7.91. The molecule has 0 bridgehead atoms. The SMILES string of the molecule is CCN(CCO)C(C)C(=O)OC. The third-order valence-electron chi connectivity index (χ3n) is 1.88. The van der Waals surface area contributed by atoms with Gasteiger partial charge in [-0.05, 0) is 13.5 Å². The maximum atomic E-state index is 11.0. The van der Waals surface area contributed by atoms with Crippen LogP contribution in [0, 0.1) is 0 Å². The Balaban J connectivity index is 4.00. The highest BCUT2D eigenvalue weighted by atomic mass is 16.5. The second kappa shape index (κ2) is 5.97. The van der Waals surface area contributed by atoms with Crippen LogP contribution in [-0.2, 0) is 9.53 Å². The van der Waals surface area contributed by atoms with E-state index >= 15 is 0 Å². The number of hydrogen-bond donors (Lipinski definition) is 1. The van der Waals surface area contributed by atoms with E-state index in [1.165, 1.54) is 7.11 Å². The van der Waals surface area contributed by atoms with Crippen molar-refractivity contribution in [2.24, 2.45) is 0 Å². The van der Waals surface area contributed by atoms with Crippen molar-refractivity contribution >= 4 is 5.97 Å². The molecule has 0 saturated carbocycles. The summed E-state index contributed by atoms with van der Waals surface area (Å²) in [5.74, 6) is -0.259. The Labute approximate surface area is 73.1 Å². The second-order valence-corrected chi connectivity index (χ2v) is 2.55. The maximum Gasteiger partial charge on any atom is 0.322 e. The molecule has 1 unspecified atom stereocenters. The first-order valence-corrected chi connectivity index (χ1v) is 4.10. The van der Waals surface area contributed by atoms with E-state index in [0.717, 1.165) is 6.54 Å². The standard InChI is InChI=1S/C8H17NO3/c1-4-9(5-6-10)7(2)8(11)12-3/h7,10H,4-6H2,1-3H3. The number of esters is 1. The van der Waals surface area contributed by atoms with Gasteiger partial charge in [0.15, 0.2) is 0 Å². The Morgan fingerprint density at radius 3 is 2.58 bits per heavy atom. The van der Waals surface area contributed by atoms with Gasteiger partial charge in [0.05, 0.1) is 13.7 Å². The fraction of sp³-hybridized carbons (Fsp3) is 0.875. The fourth-order valence-corrected chi connectivity index (χ4v) is 1.07. The summed E-state index contributed by atoms with van der Waals surface area (Å²) in [5, 5.41) is 8.68. The Kier molecular flexibility index (Phi) is 5.66. The number of carbonyl (C=O) groups is 1. The van der Waals surface area contributed by atoms with E-state index in [2.05, 4.69) is 4.74 Å². The highest BCUT2D eigenvalue weighted by Gasteiger charge is 2.19. The van der Waals surface area contributed by atoms with E-state index in [9.17, 15) is 4.79 Å². The molecule has 0 aliphatic heterocycles. The van der Waals surface area contributed by atoms with Crippen molar-refractivity contribution in [2.75, 3.05) is 26.8 Å². The smallest absolute Gasteiger partial charge is 0.322 e. The van der Waals surface area contributed by atoms with Gasteiger partial charge in [0, 0.05) is 6.54 Å². The largest absolute Gasteiger partial charge is 0.468 e. The highest BCUT2D eigenvalue weighted by Crippen LogP contribution is 1.99. The monoisotopic (exact) mass is 175 g/mol. The first-order valence-electron chi connectivity index (χ1n) is 4.10. The van der Waals surface area contributed by atoms with Crippen molar-refractivity contribution in [2.45, 2.75) is 19.9 Å². The molecule has 0 radical (unpaired) electrons. The summed E-state index contributed by atoms with van der Waals surface area (Å²) < 4.78 is 4.58. The molecule has 0 aromatic rings. The Bertz CT molecular complexity index is 138. The lowest BCUT2D eigenvalue weighted by molar-refractivity contribution is -0.146. The number of carbonyl (C=O) groups excluding carboxylic acids is 1. The van der Waals surface area contributed by atoms with Crippen LogP contribution in [0.15, 0.2) is 0 Å². The van der Waals surface area contributed by atoms with Crippen LogP contribution in [0.2, 0.25) is 0 Å². The molecule has 4 heteroatoms. The molecular weight excluding hydrogens is 158 g/mol. The minimum atomic E-state index is -0.271. The third-order valence-corrected chi connectivity index (χ3v) is 1.88. The van der Waals surface area contributed by atoms with Crippen molar-refractivity contribution < 1.29 is 14.6 Å². The summed E-state index contributed by atoms with van der Waals surface area (Å²) in [6.07, 6.45) is 0. The second-order valence-electron chi connectivity index (χ2n) is 2.55. The molecule has 0 aromatic heterocycles.